The van der Waals surface area contributed by atoms with Gasteiger partial charge in [0.2, 0.25) is 0 Å². The molecular formula is C29H27ClFN3O5. The van der Waals surface area contributed by atoms with Gasteiger partial charge in [-0.25, -0.2) is 4.39 Å². The first-order chi connectivity index (χ1) is 18.9. The molecule has 10 heteroatoms. The van der Waals surface area contributed by atoms with Gasteiger partial charge < -0.3 is 30.8 Å². The highest BCUT2D eigenvalue weighted by Gasteiger charge is 2.15. The van der Waals surface area contributed by atoms with E-state index in [0.29, 0.717) is 44.5 Å². The number of halogens is 2. The van der Waals surface area contributed by atoms with Gasteiger partial charge in [0.25, 0.3) is 0 Å². The van der Waals surface area contributed by atoms with Crippen LogP contribution in [-0.2, 0) is 19.8 Å². The molecule has 0 fully saturated rings. The number of ether oxygens (including phenoxy) is 3. The van der Waals surface area contributed by atoms with Crippen molar-refractivity contribution in [3.8, 4) is 28.4 Å². The fourth-order valence-electron chi connectivity index (χ4n) is 3.91. The van der Waals surface area contributed by atoms with Crippen molar-refractivity contribution >= 4 is 23.0 Å². The largest absolute Gasteiger partial charge is 0.491 e. The summed E-state index contributed by atoms with van der Waals surface area (Å²) in [6.07, 6.45) is 0. The maximum atomic E-state index is 15.5. The van der Waals surface area contributed by atoms with Gasteiger partial charge in [-0.2, -0.15) is 0 Å². The molecule has 0 saturated carbocycles. The molecule has 0 aliphatic carbocycles. The smallest absolute Gasteiger partial charge is 0.142 e. The third kappa shape index (κ3) is 6.83. The molecule has 8 nitrogen and oxygen atoms in total. The van der Waals surface area contributed by atoms with E-state index in [-0.39, 0.29) is 44.3 Å². The minimum Gasteiger partial charge on any atom is -0.491 e. The van der Waals surface area contributed by atoms with E-state index >= 15 is 4.39 Å². The number of anilines is 1. The Kier molecular flexibility index (Phi) is 9.32. The number of nitroso groups, excluding NO2 is 1. The van der Waals surface area contributed by atoms with Gasteiger partial charge in [0, 0.05) is 29.3 Å². The van der Waals surface area contributed by atoms with Crippen LogP contribution in [0.3, 0.4) is 0 Å². The molecular weight excluding hydrogens is 525 g/mol. The van der Waals surface area contributed by atoms with E-state index in [1.165, 1.54) is 6.07 Å². The van der Waals surface area contributed by atoms with Gasteiger partial charge in [0.1, 0.15) is 48.6 Å². The zero-order valence-electron chi connectivity index (χ0n) is 20.9. The first-order valence-corrected chi connectivity index (χ1v) is 12.4. The van der Waals surface area contributed by atoms with Crippen LogP contribution in [0.15, 0.2) is 78.0 Å². The van der Waals surface area contributed by atoms with Gasteiger partial charge in [-0.05, 0) is 46.6 Å². The van der Waals surface area contributed by atoms with Crippen LogP contribution in [0.4, 0.5) is 15.8 Å². The van der Waals surface area contributed by atoms with Gasteiger partial charge in [-0.1, -0.05) is 48.0 Å². The Bertz CT molecular complexity index is 1470. The predicted molar refractivity (Wildman–Crippen MR) is 149 cm³/mol. The minimum absolute atomic E-state index is 0.0851. The Morgan fingerprint density at radius 3 is 2.44 bits per heavy atom. The fraction of sp³-hybridized carbons (Fsp3) is 0.172. The minimum atomic E-state index is -0.436. The second-order valence-electron chi connectivity index (χ2n) is 8.53. The molecule has 0 spiro atoms. The summed E-state index contributed by atoms with van der Waals surface area (Å²) < 4.78 is 32.8. The summed E-state index contributed by atoms with van der Waals surface area (Å²) in [5.74, 6) is 0.838. The quantitative estimate of drug-likeness (QED) is 0.143. The fourth-order valence-corrected chi connectivity index (χ4v) is 4.15. The molecule has 5 N–H and O–H groups in total. The molecule has 0 aromatic heterocycles. The molecule has 0 atom stereocenters. The highest BCUT2D eigenvalue weighted by atomic mass is 35.5. The monoisotopic (exact) mass is 551 g/mol. The molecule has 202 valence electrons. The highest BCUT2D eigenvalue weighted by Crippen LogP contribution is 2.35. The standard InChI is InChI=1S/C29H27ClFN3O5/c30-24-13-21(15-32)27(38-16-18-7-8-26(34-36)25(33)11-18)14-28(24)39-17-20-4-2-6-23(29(20)31)19-3-1-5-22(12-19)37-10-9-35/h1-8,11-14,35H,9-10,15-17,32-33H2. The number of hydrogen-bond acceptors (Lipinski definition) is 8. The third-order valence-electron chi connectivity index (χ3n) is 5.89. The summed E-state index contributed by atoms with van der Waals surface area (Å²) in [6, 6.07) is 20.1. The summed E-state index contributed by atoms with van der Waals surface area (Å²) in [7, 11) is 0. The van der Waals surface area contributed by atoms with E-state index in [2.05, 4.69) is 5.18 Å². The molecule has 0 bridgehead atoms. The van der Waals surface area contributed by atoms with Gasteiger partial charge >= 0.3 is 0 Å². The van der Waals surface area contributed by atoms with Crippen molar-refractivity contribution in [2.75, 3.05) is 18.9 Å². The van der Waals surface area contributed by atoms with Crippen molar-refractivity contribution in [3.05, 3.63) is 105 Å². The van der Waals surface area contributed by atoms with Gasteiger partial charge in [-0.3, -0.25) is 0 Å². The zero-order valence-corrected chi connectivity index (χ0v) is 21.7. The van der Waals surface area contributed by atoms with E-state index in [0.717, 1.165) is 5.56 Å². The van der Waals surface area contributed by atoms with Crippen molar-refractivity contribution in [1.82, 2.24) is 0 Å². The third-order valence-corrected chi connectivity index (χ3v) is 6.18. The summed E-state index contributed by atoms with van der Waals surface area (Å²) in [6.45, 7) is 0.262. The molecule has 0 aliphatic heterocycles. The van der Waals surface area contributed by atoms with E-state index in [1.807, 2.05) is 0 Å². The Morgan fingerprint density at radius 2 is 1.69 bits per heavy atom. The van der Waals surface area contributed by atoms with Crippen molar-refractivity contribution < 1.29 is 23.7 Å². The maximum Gasteiger partial charge on any atom is 0.142 e. The lowest BCUT2D eigenvalue weighted by molar-refractivity contribution is 0.201. The summed E-state index contributed by atoms with van der Waals surface area (Å²) in [5.41, 5.74) is 14.8. The topological polar surface area (TPSA) is 129 Å². The number of benzene rings is 4. The zero-order chi connectivity index (χ0) is 27.8. The second kappa shape index (κ2) is 13.1. The SMILES string of the molecule is NCc1cc(Cl)c(OCc2cccc(-c3cccc(OCCO)c3)c2F)cc1OCc1ccc(N=O)c(N)c1. The number of hydrogen-bond donors (Lipinski definition) is 3. The normalized spacial score (nSPS) is 10.8. The molecule has 0 aliphatic rings. The number of nitrogens with two attached hydrogens (primary N) is 2. The molecule has 39 heavy (non-hydrogen) atoms. The lowest BCUT2D eigenvalue weighted by atomic mass is 10.0. The summed E-state index contributed by atoms with van der Waals surface area (Å²) in [4.78, 5) is 10.8. The number of aliphatic hydroxyl groups is 1. The van der Waals surface area contributed by atoms with Crippen LogP contribution in [-0.4, -0.2) is 18.3 Å². The molecule has 0 amide bonds. The molecule has 0 heterocycles. The molecule has 4 aromatic carbocycles. The van der Waals surface area contributed by atoms with Crippen molar-refractivity contribution in [2.24, 2.45) is 10.9 Å². The predicted octanol–water partition coefficient (Wildman–Crippen LogP) is 6.11. The average molecular weight is 552 g/mol. The number of nitrogen functional groups attached to an aromatic ring is 1. The van der Waals surface area contributed by atoms with Crippen molar-refractivity contribution in [1.29, 1.82) is 0 Å². The van der Waals surface area contributed by atoms with Crippen LogP contribution < -0.4 is 25.7 Å². The van der Waals surface area contributed by atoms with Crippen LogP contribution in [0.5, 0.6) is 17.2 Å². The van der Waals surface area contributed by atoms with Crippen LogP contribution >= 0.6 is 11.6 Å². The lowest BCUT2D eigenvalue weighted by Gasteiger charge is -2.16. The molecule has 0 unspecified atom stereocenters. The Morgan fingerprint density at radius 1 is 0.897 bits per heavy atom. The molecule has 0 radical (unpaired) electrons. The van der Waals surface area contributed by atoms with Gasteiger partial charge in [-0.15, -0.1) is 4.91 Å². The number of rotatable bonds is 12. The van der Waals surface area contributed by atoms with Crippen molar-refractivity contribution in [3.63, 3.8) is 0 Å². The van der Waals surface area contributed by atoms with E-state index in [9.17, 15) is 4.91 Å². The Labute approximate surface area is 229 Å². The van der Waals surface area contributed by atoms with Gasteiger partial charge in [0.15, 0.2) is 0 Å². The van der Waals surface area contributed by atoms with Crippen LogP contribution in [0.1, 0.15) is 16.7 Å². The summed E-state index contributed by atoms with van der Waals surface area (Å²) >= 11 is 6.43. The maximum absolute atomic E-state index is 15.5. The van der Waals surface area contributed by atoms with Crippen LogP contribution in [0.2, 0.25) is 5.02 Å². The average Bonchev–Trinajstić information content (AvgIpc) is 2.95. The highest BCUT2D eigenvalue weighted by molar-refractivity contribution is 6.32. The lowest BCUT2D eigenvalue weighted by Crippen LogP contribution is -2.05. The first kappa shape index (κ1) is 27.8. The Hall–Kier alpha value is -4.18. The van der Waals surface area contributed by atoms with E-state index in [4.69, 9.17) is 42.4 Å². The van der Waals surface area contributed by atoms with Crippen LogP contribution in [0.25, 0.3) is 11.1 Å². The van der Waals surface area contributed by atoms with Crippen molar-refractivity contribution in [2.45, 2.75) is 19.8 Å². The molecule has 4 aromatic rings. The molecule has 4 rings (SSSR count). The number of nitrogens with zero attached hydrogens (tertiary/aromatic N) is 1. The summed E-state index contributed by atoms with van der Waals surface area (Å²) in [5, 5.41) is 12.2. The second-order valence-corrected chi connectivity index (χ2v) is 8.94. The first-order valence-electron chi connectivity index (χ1n) is 12.0. The van der Waals surface area contributed by atoms with Crippen LogP contribution in [0, 0.1) is 10.7 Å². The number of aliphatic hydroxyl groups excluding tert-OH is 1. The molecule has 0 saturated heterocycles. The Balaban J connectivity index is 1.51. The van der Waals surface area contributed by atoms with E-state index < -0.39 is 5.82 Å². The van der Waals surface area contributed by atoms with Gasteiger partial charge in [0.05, 0.1) is 17.3 Å². The van der Waals surface area contributed by atoms with E-state index in [1.54, 1.807) is 66.7 Å².